The summed E-state index contributed by atoms with van der Waals surface area (Å²) in [6.07, 6.45) is 0. The predicted molar refractivity (Wildman–Crippen MR) is 207 cm³/mol. The van der Waals surface area contributed by atoms with Gasteiger partial charge >= 0.3 is 0 Å². The fourth-order valence-electron chi connectivity index (χ4n) is 6.94. The molecule has 0 unspecified atom stereocenters. The second kappa shape index (κ2) is 11.6. The maximum atomic E-state index is 6.26. The molecule has 3 heterocycles. The fraction of sp³-hybridized carbons (Fsp3) is 0. The Morgan fingerprint density at radius 1 is 0.360 bits per heavy atom. The average molecular weight is 658 g/mol. The van der Waals surface area contributed by atoms with Crippen LogP contribution in [0, 0.1) is 0 Å². The van der Waals surface area contributed by atoms with Crippen LogP contribution in [0.15, 0.2) is 168 Å². The van der Waals surface area contributed by atoms with Crippen LogP contribution in [0.3, 0.4) is 0 Å². The third kappa shape index (κ3) is 4.87. The van der Waals surface area contributed by atoms with Gasteiger partial charge < -0.3 is 4.42 Å². The van der Waals surface area contributed by atoms with Crippen molar-refractivity contribution in [1.82, 2.24) is 15.0 Å². The van der Waals surface area contributed by atoms with E-state index >= 15 is 0 Å². The Morgan fingerprint density at radius 3 is 1.78 bits per heavy atom. The molecule has 0 bridgehead atoms. The lowest BCUT2D eigenvalue weighted by atomic mass is 9.93. The molecule has 0 fully saturated rings. The summed E-state index contributed by atoms with van der Waals surface area (Å²) >= 11 is 1.83. The van der Waals surface area contributed by atoms with Crippen molar-refractivity contribution < 1.29 is 4.42 Å². The number of nitrogens with zero attached hydrogens (tertiary/aromatic N) is 3. The molecule has 3 aromatic heterocycles. The maximum Gasteiger partial charge on any atom is 0.164 e. The van der Waals surface area contributed by atoms with Crippen molar-refractivity contribution in [2.45, 2.75) is 0 Å². The van der Waals surface area contributed by atoms with Crippen LogP contribution >= 0.6 is 11.3 Å². The number of aromatic nitrogens is 3. The summed E-state index contributed by atoms with van der Waals surface area (Å²) in [6.45, 7) is 0. The van der Waals surface area contributed by atoms with Crippen LogP contribution in [0.5, 0.6) is 0 Å². The molecular formula is C45H27N3OS. The van der Waals surface area contributed by atoms with Crippen LogP contribution in [-0.2, 0) is 0 Å². The van der Waals surface area contributed by atoms with Crippen molar-refractivity contribution in [3.05, 3.63) is 164 Å². The molecule has 10 rings (SSSR count). The number of rotatable bonds is 5. The molecule has 5 heteroatoms. The molecule has 234 valence electrons. The molecule has 0 N–H and O–H groups in total. The van der Waals surface area contributed by atoms with Gasteiger partial charge in [-0.15, -0.1) is 11.3 Å². The van der Waals surface area contributed by atoms with E-state index in [-0.39, 0.29) is 0 Å². The minimum Gasteiger partial charge on any atom is -0.456 e. The molecule has 10 aromatic rings. The van der Waals surface area contributed by atoms with E-state index in [4.69, 9.17) is 19.4 Å². The van der Waals surface area contributed by atoms with Crippen LogP contribution in [0.2, 0.25) is 0 Å². The monoisotopic (exact) mass is 657 g/mol. The highest BCUT2D eigenvalue weighted by Crippen LogP contribution is 2.42. The van der Waals surface area contributed by atoms with Crippen molar-refractivity contribution in [3.63, 3.8) is 0 Å². The Labute approximate surface area is 292 Å². The first-order chi connectivity index (χ1) is 24.7. The fourth-order valence-corrected chi connectivity index (χ4v) is 8.07. The summed E-state index contributed by atoms with van der Waals surface area (Å²) in [5, 5.41) is 4.69. The van der Waals surface area contributed by atoms with Gasteiger partial charge in [0.25, 0.3) is 0 Å². The summed E-state index contributed by atoms with van der Waals surface area (Å²) in [7, 11) is 0. The standard InChI is InChI=1S/C45H27N3OS/c1-3-12-28(13-4-1)31-24-32(34-18-11-21-41-42(34)37-17-8-10-20-40(37)50-41)26-33(25-31)45-47-43(29-14-5-2-6-15-29)46-44(48-45)30-22-23-36-35-16-7-9-19-38(35)49-39(36)27-30/h1-27H. The number of hydrogen-bond donors (Lipinski definition) is 0. The zero-order valence-electron chi connectivity index (χ0n) is 26.7. The van der Waals surface area contributed by atoms with Crippen LogP contribution in [0.1, 0.15) is 0 Å². The van der Waals surface area contributed by atoms with Gasteiger partial charge in [-0.1, -0.05) is 115 Å². The third-order valence-electron chi connectivity index (χ3n) is 9.32. The number of benzene rings is 7. The SMILES string of the molecule is c1ccc(-c2cc(-c3nc(-c4ccccc4)nc(-c4ccc5c(c4)oc4ccccc45)n3)cc(-c3cccc4sc5ccccc5c34)c2)cc1. The van der Waals surface area contributed by atoms with Crippen molar-refractivity contribution in [3.8, 4) is 56.4 Å². The van der Waals surface area contributed by atoms with Crippen molar-refractivity contribution >= 4 is 53.4 Å². The van der Waals surface area contributed by atoms with Gasteiger partial charge in [0, 0.05) is 47.6 Å². The van der Waals surface area contributed by atoms with Crippen LogP contribution in [-0.4, -0.2) is 15.0 Å². The van der Waals surface area contributed by atoms with Gasteiger partial charge in [-0.05, 0) is 70.8 Å². The first-order valence-electron chi connectivity index (χ1n) is 16.6. The van der Waals surface area contributed by atoms with E-state index in [2.05, 4.69) is 109 Å². The Hall–Kier alpha value is -6.43. The van der Waals surface area contributed by atoms with E-state index in [1.165, 1.54) is 25.7 Å². The number of thiophene rings is 1. The topological polar surface area (TPSA) is 51.8 Å². The van der Waals surface area contributed by atoms with Gasteiger partial charge in [-0.25, -0.2) is 15.0 Å². The first kappa shape index (κ1) is 28.6. The van der Waals surface area contributed by atoms with E-state index in [9.17, 15) is 0 Å². The normalized spacial score (nSPS) is 11.6. The minimum atomic E-state index is 0.591. The molecule has 0 saturated heterocycles. The highest BCUT2D eigenvalue weighted by molar-refractivity contribution is 7.25. The number of fused-ring (bicyclic) bond motifs is 6. The molecule has 7 aromatic carbocycles. The van der Waals surface area contributed by atoms with Gasteiger partial charge in [-0.3, -0.25) is 0 Å². The molecule has 0 atom stereocenters. The zero-order valence-corrected chi connectivity index (χ0v) is 27.6. The second-order valence-corrected chi connectivity index (χ2v) is 13.5. The average Bonchev–Trinajstić information content (AvgIpc) is 3.76. The minimum absolute atomic E-state index is 0.591. The van der Waals surface area contributed by atoms with Crippen LogP contribution < -0.4 is 0 Å². The molecule has 0 aliphatic carbocycles. The van der Waals surface area contributed by atoms with Crippen LogP contribution in [0.25, 0.3) is 98.5 Å². The molecule has 4 nitrogen and oxygen atoms in total. The van der Waals surface area contributed by atoms with E-state index in [0.29, 0.717) is 17.5 Å². The lowest BCUT2D eigenvalue weighted by Gasteiger charge is -2.13. The molecule has 0 aliphatic heterocycles. The number of furan rings is 1. The van der Waals surface area contributed by atoms with E-state index in [1.54, 1.807) is 0 Å². The van der Waals surface area contributed by atoms with Crippen LogP contribution in [0.4, 0.5) is 0 Å². The Balaban J connectivity index is 1.21. The molecular weight excluding hydrogens is 631 g/mol. The van der Waals surface area contributed by atoms with Gasteiger partial charge in [0.1, 0.15) is 11.2 Å². The molecule has 0 saturated carbocycles. The predicted octanol–water partition coefficient (Wildman–Crippen LogP) is 12.5. The Morgan fingerprint density at radius 2 is 0.960 bits per heavy atom. The Kier molecular flexibility index (Phi) is 6.64. The quantitative estimate of drug-likeness (QED) is 0.185. The lowest BCUT2D eigenvalue weighted by Crippen LogP contribution is -2.00. The molecule has 0 aliphatic rings. The summed E-state index contributed by atoms with van der Waals surface area (Å²) in [5.41, 5.74) is 8.91. The summed E-state index contributed by atoms with van der Waals surface area (Å²) in [4.78, 5) is 15.3. The molecule has 50 heavy (non-hydrogen) atoms. The van der Waals surface area contributed by atoms with Gasteiger partial charge in [0.2, 0.25) is 0 Å². The van der Waals surface area contributed by atoms with E-state index in [0.717, 1.165) is 55.3 Å². The first-order valence-corrected chi connectivity index (χ1v) is 17.4. The third-order valence-corrected chi connectivity index (χ3v) is 10.5. The van der Waals surface area contributed by atoms with Crippen molar-refractivity contribution in [2.75, 3.05) is 0 Å². The number of para-hydroxylation sites is 1. The van der Waals surface area contributed by atoms with Gasteiger partial charge in [0.15, 0.2) is 17.5 Å². The van der Waals surface area contributed by atoms with Gasteiger partial charge in [-0.2, -0.15) is 0 Å². The van der Waals surface area contributed by atoms with E-state index in [1.807, 2.05) is 65.9 Å². The highest BCUT2D eigenvalue weighted by Gasteiger charge is 2.18. The van der Waals surface area contributed by atoms with Gasteiger partial charge in [0.05, 0.1) is 0 Å². The lowest BCUT2D eigenvalue weighted by molar-refractivity contribution is 0.669. The summed E-state index contributed by atoms with van der Waals surface area (Å²) in [6, 6.07) is 56.9. The summed E-state index contributed by atoms with van der Waals surface area (Å²) < 4.78 is 8.81. The largest absolute Gasteiger partial charge is 0.456 e. The Bertz CT molecular complexity index is 2870. The second-order valence-electron chi connectivity index (χ2n) is 12.4. The highest BCUT2D eigenvalue weighted by atomic mass is 32.1. The van der Waals surface area contributed by atoms with Crippen molar-refractivity contribution in [2.24, 2.45) is 0 Å². The summed E-state index contributed by atoms with van der Waals surface area (Å²) in [5.74, 6) is 1.82. The molecule has 0 spiro atoms. The maximum absolute atomic E-state index is 6.26. The smallest absolute Gasteiger partial charge is 0.164 e. The molecule has 0 amide bonds. The zero-order chi connectivity index (χ0) is 33.0. The van der Waals surface area contributed by atoms with E-state index < -0.39 is 0 Å². The number of hydrogen-bond acceptors (Lipinski definition) is 5. The molecule has 0 radical (unpaired) electrons. The van der Waals surface area contributed by atoms with Crippen molar-refractivity contribution in [1.29, 1.82) is 0 Å².